The molecule has 0 amide bonds. The molecule has 174 valence electrons. The fraction of sp³-hybridized carbons (Fsp3) is 0.417. The van der Waals surface area contributed by atoms with Gasteiger partial charge in [0.15, 0.2) is 0 Å². The van der Waals surface area contributed by atoms with Gasteiger partial charge in [-0.3, -0.25) is 0 Å². The molecule has 0 saturated carbocycles. The van der Waals surface area contributed by atoms with Gasteiger partial charge in [-0.1, -0.05) is 20.8 Å². The molecule has 1 saturated heterocycles. The fourth-order valence-corrected chi connectivity index (χ4v) is 6.03. The molecule has 1 N–H and O–H groups in total. The van der Waals surface area contributed by atoms with Gasteiger partial charge in [-0.15, -0.1) is 0 Å². The van der Waals surface area contributed by atoms with Crippen molar-refractivity contribution in [1.82, 2.24) is 25.3 Å². The maximum absolute atomic E-state index is 6.06. The van der Waals surface area contributed by atoms with Crippen LogP contribution in [0.2, 0.25) is 0 Å². The molecule has 7 nitrogen and oxygen atoms in total. The van der Waals surface area contributed by atoms with Gasteiger partial charge < -0.3 is 0 Å². The molecular weight excluding hydrogens is 547 g/mol. The number of anilines is 1. The minimum atomic E-state index is -0.422. The number of benzene rings is 1. The second-order valence-corrected chi connectivity index (χ2v) is 11.5. The van der Waals surface area contributed by atoms with Gasteiger partial charge in [0.1, 0.15) is 0 Å². The molecule has 1 aromatic carbocycles. The molecule has 0 radical (unpaired) electrons. The summed E-state index contributed by atoms with van der Waals surface area (Å²) >= 11 is 1.18. The number of rotatable bonds is 4. The molecule has 1 aliphatic rings. The van der Waals surface area contributed by atoms with Crippen LogP contribution in [-0.4, -0.2) is 51.0 Å². The number of fused-ring (bicyclic) bond motifs is 3. The van der Waals surface area contributed by atoms with Crippen molar-refractivity contribution in [3.05, 3.63) is 35.5 Å². The summed E-state index contributed by atoms with van der Waals surface area (Å²) in [5, 5.41) is 4.39. The molecule has 0 aliphatic carbocycles. The summed E-state index contributed by atoms with van der Waals surface area (Å²) in [6.07, 6.45) is 0. The number of piperazine rings is 1. The first-order valence-corrected chi connectivity index (χ1v) is 14.9. The van der Waals surface area contributed by atoms with E-state index in [1.807, 2.05) is 6.92 Å². The van der Waals surface area contributed by atoms with E-state index in [4.69, 9.17) is 23.0 Å². The number of aryl methyl sites for hydroxylation is 1. The van der Waals surface area contributed by atoms with Crippen molar-refractivity contribution in [3.8, 4) is 17.3 Å². The molecule has 4 heterocycles. The van der Waals surface area contributed by atoms with Gasteiger partial charge in [0.25, 0.3) is 0 Å². The van der Waals surface area contributed by atoms with E-state index >= 15 is 0 Å². The van der Waals surface area contributed by atoms with Gasteiger partial charge in [0, 0.05) is 0 Å². The van der Waals surface area contributed by atoms with Gasteiger partial charge in [-0.25, -0.2) is 0 Å². The molecule has 33 heavy (non-hydrogen) atoms. The molecule has 1 aliphatic heterocycles. The molecule has 0 unspecified atom stereocenters. The molecule has 0 atom stereocenters. The third kappa shape index (κ3) is 4.38. The Balaban J connectivity index is 1.64. The number of nitrogens with one attached hydrogen (secondary N) is 1. The minimum absolute atomic E-state index is 0.115. The number of hydrogen-bond donors (Lipinski definition) is 1. The van der Waals surface area contributed by atoms with Crippen LogP contribution in [0.15, 0.2) is 24.3 Å². The molecule has 5 rings (SSSR count). The number of hydrogen-bond acceptors (Lipinski definition) is 8. The van der Waals surface area contributed by atoms with Crippen LogP contribution in [0.25, 0.3) is 31.8 Å². The third-order valence-electron chi connectivity index (χ3n) is 5.87. The van der Waals surface area contributed by atoms with Gasteiger partial charge in [0.05, 0.1) is 0 Å². The number of nitrogens with zero attached hydrogens (tertiary/aromatic N) is 5. The van der Waals surface area contributed by atoms with Crippen LogP contribution in [0.5, 0.6) is 5.88 Å². The van der Waals surface area contributed by atoms with Crippen LogP contribution in [0.1, 0.15) is 32.0 Å². The molecule has 3 aromatic heterocycles. The Morgan fingerprint density at radius 2 is 1.76 bits per heavy atom. The quantitative estimate of drug-likeness (QED) is 0.291. The first kappa shape index (κ1) is 22.7. The van der Waals surface area contributed by atoms with Gasteiger partial charge in [0.2, 0.25) is 0 Å². The van der Waals surface area contributed by atoms with Crippen molar-refractivity contribution in [2.75, 3.05) is 36.0 Å². The third-order valence-corrected chi connectivity index (χ3v) is 7.79. The Bertz CT molecular complexity index is 1310. The van der Waals surface area contributed by atoms with Crippen molar-refractivity contribution >= 4 is 37.7 Å². The predicted molar refractivity (Wildman–Crippen MR) is 131 cm³/mol. The number of halogens is 1. The van der Waals surface area contributed by atoms with Crippen molar-refractivity contribution in [3.63, 3.8) is 0 Å². The first-order valence-electron chi connectivity index (χ1n) is 11.1. The van der Waals surface area contributed by atoms with E-state index in [0.717, 1.165) is 69.6 Å². The standard InChI is InChI=1S/C24H28IN6OS/c1-14-17-18-19(21(32-25-5)30-23(28-18)31-12-10-26-11-13-31)33-22(17)29-20(27-14)15-6-8-16(9-7-15)24(2,3)4/h6-9,26H,10-13H2,1-5H3/q-1. The average Bonchev–Trinajstić information content (AvgIpc) is 3.19. The number of thiophene rings is 1. The zero-order valence-electron chi connectivity index (χ0n) is 19.6. The molecule has 0 spiro atoms. The van der Waals surface area contributed by atoms with E-state index in [1.165, 1.54) is 5.56 Å². The van der Waals surface area contributed by atoms with Crippen LogP contribution < -0.4 is 34.9 Å². The summed E-state index contributed by atoms with van der Waals surface area (Å²) in [5.74, 6) is 2.16. The molecule has 9 heteroatoms. The Morgan fingerprint density at radius 1 is 1.03 bits per heavy atom. The SMILES string of the molecule is C[I-]Oc1nc(N2CCNCC2)nc2c1sc1nc(-c3ccc(C(C)(C)C)cc3)nc(C)c12. The van der Waals surface area contributed by atoms with Crippen LogP contribution in [0, 0.1) is 6.92 Å². The molecule has 0 bridgehead atoms. The maximum atomic E-state index is 6.06. The Labute approximate surface area is 208 Å². The summed E-state index contributed by atoms with van der Waals surface area (Å²) in [5.41, 5.74) is 4.27. The second kappa shape index (κ2) is 8.92. The van der Waals surface area contributed by atoms with E-state index in [-0.39, 0.29) is 5.41 Å². The van der Waals surface area contributed by atoms with Gasteiger partial charge in [-0.05, 0) is 0 Å². The first-order chi connectivity index (χ1) is 15.8. The normalized spacial score (nSPS) is 15.0. The van der Waals surface area contributed by atoms with Gasteiger partial charge >= 0.3 is 189 Å². The summed E-state index contributed by atoms with van der Waals surface area (Å²) in [6, 6.07) is 8.58. The molecule has 4 aromatic rings. The van der Waals surface area contributed by atoms with E-state index < -0.39 is 21.6 Å². The van der Waals surface area contributed by atoms with Crippen molar-refractivity contribution in [2.45, 2.75) is 33.1 Å². The summed E-state index contributed by atoms with van der Waals surface area (Å²) in [4.78, 5) is 24.9. The second-order valence-electron chi connectivity index (χ2n) is 9.22. The fourth-order valence-electron chi connectivity index (χ4n) is 4.05. The molecule has 1 fully saturated rings. The van der Waals surface area contributed by atoms with Crippen LogP contribution in [0.4, 0.5) is 5.95 Å². The van der Waals surface area contributed by atoms with Crippen LogP contribution in [-0.2, 0) is 5.41 Å². The van der Waals surface area contributed by atoms with E-state index in [0.29, 0.717) is 5.88 Å². The number of alkyl halides is 1. The van der Waals surface area contributed by atoms with Gasteiger partial charge in [-0.2, -0.15) is 0 Å². The van der Waals surface area contributed by atoms with Crippen LogP contribution in [0.3, 0.4) is 0 Å². The van der Waals surface area contributed by atoms with E-state index in [1.54, 1.807) is 11.3 Å². The van der Waals surface area contributed by atoms with Crippen molar-refractivity contribution in [1.29, 1.82) is 0 Å². The topological polar surface area (TPSA) is 76.1 Å². The van der Waals surface area contributed by atoms with E-state index in [2.05, 4.69) is 60.2 Å². The summed E-state index contributed by atoms with van der Waals surface area (Å²) in [7, 11) is 0. The Hall–Kier alpha value is -2.11. The Morgan fingerprint density at radius 3 is 2.42 bits per heavy atom. The predicted octanol–water partition coefficient (Wildman–Crippen LogP) is 1.33. The van der Waals surface area contributed by atoms with Crippen molar-refractivity contribution < 1.29 is 24.7 Å². The summed E-state index contributed by atoms with van der Waals surface area (Å²) in [6.45, 7) is 12.4. The summed E-state index contributed by atoms with van der Waals surface area (Å²) < 4.78 is 7.02. The van der Waals surface area contributed by atoms with Crippen molar-refractivity contribution in [2.24, 2.45) is 0 Å². The van der Waals surface area contributed by atoms with E-state index in [9.17, 15) is 0 Å². The zero-order chi connectivity index (χ0) is 23.2. The molecular formula is C24H28IN6OS-. The monoisotopic (exact) mass is 575 g/mol. The Kier molecular flexibility index (Phi) is 6.13. The zero-order valence-corrected chi connectivity index (χ0v) is 22.5. The number of aromatic nitrogens is 4. The van der Waals surface area contributed by atoms with Crippen LogP contribution >= 0.6 is 11.3 Å². The average molecular weight is 576 g/mol.